The van der Waals surface area contributed by atoms with Crippen molar-refractivity contribution >= 4 is 28.9 Å². The van der Waals surface area contributed by atoms with Crippen LogP contribution in [0.2, 0.25) is 0 Å². The number of hydrogen-bond acceptors (Lipinski definition) is 8. The van der Waals surface area contributed by atoms with Crippen molar-refractivity contribution in [3.8, 4) is 6.07 Å². The molecule has 4 rings (SSSR count). The van der Waals surface area contributed by atoms with E-state index in [2.05, 4.69) is 36.9 Å². The standard InChI is InChI=1S/C26H29N7O2/c1-28-26(34)22-16-30-25(32-24-8-5-19(15-29-24)17-35-2)13-23(22)31-20-9-11-33(12-10-20)21-6-3-18(14-27)4-7-21/h3-8,13,15-16,20H,9-12,17H2,1-2H3,(H,28,34)(H2,29,30,31,32). The number of amides is 1. The first-order valence-electron chi connectivity index (χ1n) is 11.5. The highest BCUT2D eigenvalue weighted by molar-refractivity contribution is 5.99. The number of pyridine rings is 2. The van der Waals surface area contributed by atoms with Gasteiger partial charge in [0.25, 0.3) is 5.91 Å². The van der Waals surface area contributed by atoms with E-state index >= 15 is 0 Å². The number of aromatic nitrogens is 2. The molecule has 0 atom stereocenters. The Kier molecular flexibility index (Phi) is 7.75. The minimum absolute atomic E-state index is 0.191. The van der Waals surface area contributed by atoms with Crippen molar-refractivity contribution in [3.63, 3.8) is 0 Å². The largest absolute Gasteiger partial charge is 0.381 e. The molecule has 9 heteroatoms. The Morgan fingerprint density at radius 2 is 1.86 bits per heavy atom. The fourth-order valence-electron chi connectivity index (χ4n) is 4.09. The molecule has 0 aliphatic carbocycles. The second kappa shape index (κ2) is 11.3. The zero-order chi connectivity index (χ0) is 24.6. The molecule has 3 heterocycles. The molecule has 3 aromatic rings. The number of carbonyl (C=O) groups excluding carboxylic acids is 1. The average Bonchev–Trinajstić information content (AvgIpc) is 2.90. The Labute approximate surface area is 205 Å². The Morgan fingerprint density at radius 3 is 2.49 bits per heavy atom. The molecule has 180 valence electrons. The second-order valence-corrected chi connectivity index (χ2v) is 8.37. The molecule has 0 spiro atoms. The zero-order valence-electron chi connectivity index (χ0n) is 19.9. The molecule has 0 bridgehead atoms. The maximum Gasteiger partial charge on any atom is 0.254 e. The van der Waals surface area contributed by atoms with Gasteiger partial charge in [0.1, 0.15) is 11.6 Å². The number of benzene rings is 1. The van der Waals surface area contributed by atoms with Crippen LogP contribution in [0.5, 0.6) is 0 Å². The first-order valence-corrected chi connectivity index (χ1v) is 11.5. The van der Waals surface area contributed by atoms with Gasteiger partial charge in [-0.3, -0.25) is 4.79 Å². The minimum Gasteiger partial charge on any atom is -0.381 e. The van der Waals surface area contributed by atoms with Crippen molar-refractivity contribution in [1.82, 2.24) is 15.3 Å². The molecular formula is C26H29N7O2. The summed E-state index contributed by atoms with van der Waals surface area (Å²) in [6, 6.07) is 15.7. The third-order valence-corrected chi connectivity index (χ3v) is 5.98. The number of anilines is 4. The van der Waals surface area contributed by atoms with Crippen molar-refractivity contribution in [2.75, 3.05) is 42.8 Å². The van der Waals surface area contributed by atoms with E-state index < -0.39 is 0 Å². The van der Waals surface area contributed by atoms with Crippen LogP contribution in [0.3, 0.4) is 0 Å². The summed E-state index contributed by atoms with van der Waals surface area (Å²) in [5.41, 5.74) is 3.99. The summed E-state index contributed by atoms with van der Waals surface area (Å²) in [5, 5.41) is 18.5. The number of nitriles is 1. The van der Waals surface area contributed by atoms with Gasteiger partial charge in [0.2, 0.25) is 0 Å². The maximum absolute atomic E-state index is 12.5. The van der Waals surface area contributed by atoms with E-state index in [1.165, 1.54) is 0 Å². The number of carbonyl (C=O) groups is 1. The van der Waals surface area contributed by atoms with Gasteiger partial charge in [0.15, 0.2) is 0 Å². The van der Waals surface area contributed by atoms with E-state index in [1.807, 2.05) is 42.5 Å². The number of ether oxygens (including phenoxy) is 1. The van der Waals surface area contributed by atoms with E-state index in [0.29, 0.717) is 29.4 Å². The minimum atomic E-state index is -0.191. The van der Waals surface area contributed by atoms with Crippen LogP contribution in [0.1, 0.15) is 34.3 Å². The SMILES string of the molecule is CNC(=O)c1cnc(Nc2ccc(COC)cn2)cc1NC1CCN(c2ccc(C#N)cc2)CC1. The normalized spacial score (nSPS) is 13.7. The molecule has 35 heavy (non-hydrogen) atoms. The van der Waals surface area contributed by atoms with Crippen LogP contribution >= 0.6 is 0 Å². The molecule has 0 saturated carbocycles. The van der Waals surface area contributed by atoms with Crippen LogP contribution in [-0.4, -0.2) is 49.2 Å². The quantitative estimate of drug-likeness (QED) is 0.456. The van der Waals surface area contributed by atoms with Crippen LogP contribution in [0.4, 0.5) is 23.0 Å². The average molecular weight is 472 g/mol. The molecule has 1 aromatic carbocycles. The second-order valence-electron chi connectivity index (χ2n) is 8.37. The van der Waals surface area contributed by atoms with Gasteiger partial charge < -0.3 is 25.6 Å². The van der Waals surface area contributed by atoms with E-state index in [0.717, 1.165) is 42.9 Å². The lowest BCUT2D eigenvalue weighted by Gasteiger charge is -2.34. The summed E-state index contributed by atoms with van der Waals surface area (Å²) >= 11 is 0. The van der Waals surface area contributed by atoms with Crippen LogP contribution in [-0.2, 0) is 11.3 Å². The highest BCUT2D eigenvalue weighted by atomic mass is 16.5. The van der Waals surface area contributed by atoms with Gasteiger partial charge in [-0.25, -0.2) is 9.97 Å². The number of nitrogens with one attached hydrogen (secondary N) is 3. The third-order valence-electron chi connectivity index (χ3n) is 5.98. The maximum atomic E-state index is 12.5. The summed E-state index contributed by atoms with van der Waals surface area (Å²) in [5.74, 6) is 1.07. The molecule has 1 fully saturated rings. The lowest BCUT2D eigenvalue weighted by atomic mass is 10.0. The Balaban J connectivity index is 1.44. The molecule has 3 N–H and O–H groups in total. The van der Waals surface area contributed by atoms with Crippen molar-refractivity contribution in [2.45, 2.75) is 25.5 Å². The van der Waals surface area contributed by atoms with Crippen molar-refractivity contribution in [2.24, 2.45) is 0 Å². The molecule has 9 nitrogen and oxygen atoms in total. The van der Waals surface area contributed by atoms with Crippen LogP contribution < -0.4 is 20.9 Å². The fraction of sp³-hybridized carbons (Fsp3) is 0.308. The lowest BCUT2D eigenvalue weighted by molar-refractivity contribution is 0.0963. The third kappa shape index (κ3) is 6.05. The highest BCUT2D eigenvalue weighted by Crippen LogP contribution is 2.26. The lowest BCUT2D eigenvalue weighted by Crippen LogP contribution is -2.39. The predicted octanol–water partition coefficient (Wildman–Crippen LogP) is 3.68. The summed E-state index contributed by atoms with van der Waals surface area (Å²) in [7, 11) is 3.26. The molecule has 0 unspecified atom stereocenters. The van der Waals surface area contributed by atoms with E-state index in [9.17, 15) is 4.79 Å². The molecule has 1 aliphatic rings. The molecule has 2 aromatic heterocycles. The van der Waals surface area contributed by atoms with Crippen LogP contribution in [0, 0.1) is 11.3 Å². The summed E-state index contributed by atoms with van der Waals surface area (Å²) < 4.78 is 5.13. The van der Waals surface area contributed by atoms with Gasteiger partial charge >= 0.3 is 0 Å². The smallest absolute Gasteiger partial charge is 0.254 e. The molecule has 0 radical (unpaired) electrons. The van der Waals surface area contributed by atoms with Gasteiger partial charge in [-0.05, 0) is 48.7 Å². The van der Waals surface area contributed by atoms with E-state index in [4.69, 9.17) is 10.00 Å². The van der Waals surface area contributed by atoms with Crippen molar-refractivity contribution < 1.29 is 9.53 Å². The first-order chi connectivity index (χ1) is 17.1. The number of hydrogen-bond donors (Lipinski definition) is 3. The Hall–Kier alpha value is -4.16. The zero-order valence-corrected chi connectivity index (χ0v) is 19.9. The van der Waals surface area contributed by atoms with Gasteiger partial charge in [-0.15, -0.1) is 0 Å². The Bertz CT molecular complexity index is 1180. The fourth-order valence-corrected chi connectivity index (χ4v) is 4.09. The number of piperidine rings is 1. The predicted molar refractivity (Wildman–Crippen MR) is 136 cm³/mol. The summed E-state index contributed by atoms with van der Waals surface area (Å²) in [4.78, 5) is 23.6. The van der Waals surface area contributed by atoms with Crippen LogP contribution in [0.15, 0.2) is 54.9 Å². The highest BCUT2D eigenvalue weighted by Gasteiger charge is 2.22. The van der Waals surface area contributed by atoms with Gasteiger partial charge in [-0.2, -0.15) is 5.26 Å². The van der Waals surface area contributed by atoms with Crippen molar-refractivity contribution in [3.05, 3.63) is 71.5 Å². The number of nitrogens with zero attached hydrogens (tertiary/aromatic N) is 4. The van der Waals surface area contributed by atoms with Gasteiger partial charge in [-0.1, -0.05) is 6.07 Å². The molecule has 1 amide bonds. The van der Waals surface area contributed by atoms with Crippen LogP contribution in [0.25, 0.3) is 0 Å². The number of methoxy groups -OCH3 is 1. The summed E-state index contributed by atoms with van der Waals surface area (Å²) in [6.45, 7) is 2.27. The van der Waals surface area contributed by atoms with E-state index in [-0.39, 0.29) is 11.9 Å². The van der Waals surface area contributed by atoms with Crippen molar-refractivity contribution in [1.29, 1.82) is 5.26 Å². The van der Waals surface area contributed by atoms with E-state index in [1.54, 1.807) is 26.6 Å². The Morgan fingerprint density at radius 1 is 1.11 bits per heavy atom. The molecule has 1 saturated heterocycles. The van der Waals surface area contributed by atoms with Gasteiger partial charge in [0.05, 0.1) is 29.5 Å². The number of rotatable bonds is 8. The first kappa shape index (κ1) is 24.0. The van der Waals surface area contributed by atoms with Gasteiger partial charge in [0, 0.05) is 57.4 Å². The monoisotopic (exact) mass is 471 g/mol. The molecular weight excluding hydrogens is 442 g/mol. The summed E-state index contributed by atoms with van der Waals surface area (Å²) in [6.07, 6.45) is 5.17. The topological polar surface area (TPSA) is 115 Å². The molecule has 1 aliphatic heterocycles.